The first kappa shape index (κ1) is 13.7. The van der Waals surface area contributed by atoms with Gasteiger partial charge in [0.25, 0.3) is 0 Å². The molecule has 2 heterocycles. The Kier molecular flexibility index (Phi) is 3.52. The van der Waals surface area contributed by atoms with Gasteiger partial charge in [0.05, 0.1) is 12.7 Å². The van der Waals surface area contributed by atoms with Gasteiger partial charge >= 0.3 is 11.7 Å². The highest BCUT2D eigenvalue weighted by Gasteiger charge is 2.21. The molecule has 2 amide bonds. The molecule has 2 aromatic rings. The molecule has 9 nitrogen and oxygen atoms in total. The predicted molar refractivity (Wildman–Crippen MR) is 77.7 cm³/mol. The highest BCUT2D eigenvalue weighted by Crippen LogP contribution is 2.44. The molecule has 0 spiro atoms. The zero-order valence-corrected chi connectivity index (χ0v) is 11.4. The van der Waals surface area contributed by atoms with Crippen LogP contribution < -0.4 is 31.5 Å². The van der Waals surface area contributed by atoms with E-state index in [4.69, 9.17) is 15.2 Å². The van der Waals surface area contributed by atoms with Crippen molar-refractivity contribution in [2.75, 3.05) is 18.5 Å². The van der Waals surface area contributed by atoms with E-state index in [2.05, 4.69) is 20.6 Å². The third-order valence-corrected chi connectivity index (χ3v) is 2.88. The Labute approximate surface area is 124 Å². The number of urea groups is 1. The second-order valence-corrected chi connectivity index (χ2v) is 4.41. The molecule has 5 N–H and O–H groups in total. The Hall–Kier alpha value is -3.23. The van der Waals surface area contributed by atoms with Gasteiger partial charge in [-0.2, -0.15) is 4.98 Å². The Balaban J connectivity index is 1.79. The molecule has 1 aromatic carbocycles. The van der Waals surface area contributed by atoms with Gasteiger partial charge in [0.15, 0.2) is 17.3 Å². The number of amides is 2. The highest BCUT2D eigenvalue weighted by molar-refractivity contribution is 5.77. The van der Waals surface area contributed by atoms with Gasteiger partial charge in [0.1, 0.15) is 18.0 Å². The molecule has 1 aliphatic rings. The molecule has 1 aromatic heterocycles. The highest BCUT2D eigenvalue weighted by atomic mass is 16.5. The van der Waals surface area contributed by atoms with Crippen molar-refractivity contribution in [2.45, 2.75) is 0 Å². The first-order chi connectivity index (χ1) is 10.6. The quantitative estimate of drug-likeness (QED) is 0.524. The average molecular weight is 303 g/mol. The number of aromatic amines is 1. The number of rotatable bonds is 4. The number of primary amides is 1. The van der Waals surface area contributed by atoms with Crippen molar-refractivity contribution in [3.63, 3.8) is 0 Å². The third-order valence-electron chi connectivity index (χ3n) is 2.88. The average Bonchev–Trinajstić information content (AvgIpc) is 2.49. The number of ether oxygens (including phenoxy) is 2. The zero-order chi connectivity index (χ0) is 15.5. The molecule has 0 unspecified atom stereocenters. The largest absolute Gasteiger partial charge is 0.489 e. The summed E-state index contributed by atoms with van der Waals surface area (Å²) >= 11 is 0. The van der Waals surface area contributed by atoms with E-state index in [-0.39, 0.29) is 13.2 Å². The van der Waals surface area contributed by atoms with Crippen LogP contribution in [0.4, 0.5) is 16.3 Å². The first-order valence-corrected chi connectivity index (χ1v) is 6.47. The van der Waals surface area contributed by atoms with Crippen LogP contribution in [0, 0.1) is 0 Å². The molecule has 0 saturated carbocycles. The summed E-state index contributed by atoms with van der Waals surface area (Å²) in [7, 11) is 0. The van der Waals surface area contributed by atoms with E-state index in [0.29, 0.717) is 28.8 Å². The van der Waals surface area contributed by atoms with Crippen molar-refractivity contribution >= 4 is 17.5 Å². The van der Waals surface area contributed by atoms with Crippen molar-refractivity contribution < 1.29 is 14.3 Å². The summed E-state index contributed by atoms with van der Waals surface area (Å²) in [5.74, 6) is 1.78. The molecule has 0 atom stereocenters. The molecule has 0 aliphatic carbocycles. The van der Waals surface area contributed by atoms with Crippen LogP contribution in [-0.2, 0) is 0 Å². The maximum absolute atomic E-state index is 11.3. The van der Waals surface area contributed by atoms with Gasteiger partial charge in [0, 0.05) is 0 Å². The van der Waals surface area contributed by atoms with Gasteiger partial charge in [0.2, 0.25) is 0 Å². The fraction of sp³-hybridized carbons (Fsp3) is 0.154. The van der Waals surface area contributed by atoms with Crippen LogP contribution >= 0.6 is 0 Å². The second kappa shape index (κ2) is 5.64. The lowest BCUT2D eigenvalue weighted by Gasteiger charge is -2.22. The lowest BCUT2D eigenvalue weighted by molar-refractivity contribution is 0.244. The summed E-state index contributed by atoms with van der Waals surface area (Å²) in [4.78, 5) is 28.1. The number of benzene rings is 1. The maximum atomic E-state index is 11.3. The summed E-state index contributed by atoms with van der Waals surface area (Å²) in [6.07, 6.45) is 1.44. The van der Waals surface area contributed by atoms with Gasteiger partial charge in [-0.3, -0.25) is 0 Å². The summed E-state index contributed by atoms with van der Waals surface area (Å²) < 4.78 is 11.2. The number of nitrogens with two attached hydrogens (primary N) is 1. The van der Waals surface area contributed by atoms with Crippen LogP contribution in [0.1, 0.15) is 0 Å². The molecule has 0 fully saturated rings. The second-order valence-electron chi connectivity index (χ2n) is 4.41. The molecule has 0 saturated heterocycles. The topological polar surface area (TPSA) is 131 Å². The third kappa shape index (κ3) is 2.77. The summed E-state index contributed by atoms with van der Waals surface area (Å²) in [5, 5.41) is 5.43. The van der Waals surface area contributed by atoms with E-state index in [9.17, 15) is 9.59 Å². The molecular weight excluding hydrogens is 290 g/mol. The molecular formula is C13H13N5O4. The minimum Gasteiger partial charge on any atom is -0.489 e. The number of aromatic nitrogens is 2. The molecule has 114 valence electrons. The number of nitrogens with zero attached hydrogens (tertiary/aromatic N) is 1. The number of fused-ring (bicyclic) bond motifs is 2. The number of anilines is 2. The SMILES string of the molecule is NC(=O)NCCOc1cccc2c1Nc1nc(=O)[nH]cc1O2. The molecule has 0 radical (unpaired) electrons. The summed E-state index contributed by atoms with van der Waals surface area (Å²) in [6, 6.07) is 4.64. The Morgan fingerprint density at radius 3 is 3.09 bits per heavy atom. The van der Waals surface area contributed by atoms with Crippen LogP contribution in [0.5, 0.6) is 17.2 Å². The smallest absolute Gasteiger partial charge is 0.347 e. The Bertz CT molecular complexity index is 773. The van der Waals surface area contributed by atoms with E-state index >= 15 is 0 Å². The van der Waals surface area contributed by atoms with Crippen LogP contribution in [0.15, 0.2) is 29.2 Å². The number of nitrogens with one attached hydrogen (secondary N) is 3. The van der Waals surface area contributed by atoms with Crippen LogP contribution in [0.25, 0.3) is 0 Å². The van der Waals surface area contributed by atoms with Crippen molar-refractivity contribution in [3.05, 3.63) is 34.9 Å². The summed E-state index contributed by atoms with van der Waals surface area (Å²) in [5.41, 5.74) is 5.05. The lowest BCUT2D eigenvalue weighted by Crippen LogP contribution is -2.32. The van der Waals surface area contributed by atoms with E-state index in [1.165, 1.54) is 6.20 Å². The van der Waals surface area contributed by atoms with E-state index in [1.807, 2.05) is 0 Å². The summed E-state index contributed by atoms with van der Waals surface area (Å²) in [6.45, 7) is 0.505. The Morgan fingerprint density at radius 2 is 2.27 bits per heavy atom. The molecule has 22 heavy (non-hydrogen) atoms. The molecule has 1 aliphatic heterocycles. The first-order valence-electron chi connectivity index (χ1n) is 6.47. The van der Waals surface area contributed by atoms with Crippen molar-refractivity contribution in [1.82, 2.24) is 15.3 Å². The maximum Gasteiger partial charge on any atom is 0.347 e. The van der Waals surface area contributed by atoms with Crippen molar-refractivity contribution in [2.24, 2.45) is 5.73 Å². The molecule has 0 bridgehead atoms. The number of carbonyl (C=O) groups excluding carboxylic acids is 1. The number of hydrogen-bond donors (Lipinski definition) is 4. The number of hydrogen-bond acceptors (Lipinski definition) is 6. The predicted octanol–water partition coefficient (Wildman–Crippen LogP) is 0.666. The number of H-pyrrole nitrogens is 1. The monoisotopic (exact) mass is 303 g/mol. The zero-order valence-electron chi connectivity index (χ0n) is 11.4. The van der Waals surface area contributed by atoms with E-state index < -0.39 is 11.7 Å². The van der Waals surface area contributed by atoms with Gasteiger partial charge in [-0.1, -0.05) is 6.07 Å². The lowest BCUT2D eigenvalue weighted by atomic mass is 10.2. The minimum atomic E-state index is -0.613. The van der Waals surface area contributed by atoms with E-state index in [1.54, 1.807) is 18.2 Å². The Morgan fingerprint density at radius 1 is 1.41 bits per heavy atom. The number of para-hydroxylation sites is 1. The van der Waals surface area contributed by atoms with Gasteiger partial charge in [-0.25, -0.2) is 9.59 Å². The fourth-order valence-corrected chi connectivity index (χ4v) is 1.96. The van der Waals surface area contributed by atoms with E-state index in [0.717, 1.165) is 0 Å². The fourth-order valence-electron chi connectivity index (χ4n) is 1.96. The van der Waals surface area contributed by atoms with Gasteiger partial charge < -0.3 is 30.8 Å². The molecule has 9 heteroatoms. The molecule has 3 rings (SSSR count). The minimum absolute atomic E-state index is 0.233. The van der Waals surface area contributed by atoms with Gasteiger partial charge in [-0.05, 0) is 12.1 Å². The normalized spacial score (nSPS) is 11.5. The van der Waals surface area contributed by atoms with Gasteiger partial charge in [-0.15, -0.1) is 0 Å². The van der Waals surface area contributed by atoms with Crippen LogP contribution in [0.2, 0.25) is 0 Å². The number of carbonyl (C=O) groups is 1. The van der Waals surface area contributed by atoms with Crippen LogP contribution in [-0.4, -0.2) is 29.2 Å². The van der Waals surface area contributed by atoms with Crippen molar-refractivity contribution in [1.29, 1.82) is 0 Å². The standard InChI is InChI=1S/C13H13N5O4/c14-12(19)15-4-5-21-7-2-1-3-8-10(7)17-11-9(22-8)6-16-13(20)18-11/h1-3,6H,4-5H2,(H3,14,15,19)(H2,16,17,18,20). The van der Waals surface area contributed by atoms with Crippen molar-refractivity contribution in [3.8, 4) is 17.2 Å². The van der Waals surface area contributed by atoms with Crippen LogP contribution in [0.3, 0.4) is 0 Å².